The van der Waals surface area contributed by atoms with Gasteiger partial charge in [0.25, 0.3) is 5.54 Å². The predicted octanol–water partition coefficient (Wildman–Crippen LogP) is 1.70. The summed E-state index contributed by atoms with van der Waals surface area (Å²) in [5.41, 5.74) is -1.39. The highest BCUT2D eigenvalue weighted by molar-refractivity contribution is 5.90. The zero-order valence-corrected chi connectivity index (χ0v) is 9.93. The molecule has 0 aromatic carbocycles. The van der Waals surface area contributed by atoms with Crippen molar-refractivity contribution in [3.8, 4) is 0 Å². The number of fused-ring (bicyclic) bond motifs is 2. The van der Waals surface area contributed by atoms with E-state index in [9.17, 15) is 20.0 Å². The lowest BCUT2D eigenvalue weighted by molar-refractivity contribution is -0.557. The van der Waals surface area contributed by atoms with Gasteiger partial charge in [0.05, 0.1) is 12.0 Å². The number of aliphatic hydroxyl groups excluding tert-OH is 1. The van der Waals surface area contributed by atoms with Gasteiger partial charge >= 0.3 is 0 Å². The normalized spacial score (nSPS) is 39.0. The summed E-state index contributed by atoms with van der Waals surface area (Å²) in [5.74, 6) is -0.824. The number of nitro groups is 1. The van der Waals surface area contributed by atoms with Crippen LogP contribution in [0.2, 0.25) is 0 Å². The van der Waals surface area contributed by atoms with Crippen LogP contribution in [0.4, 0.5) is 0 Å². The highest BCUT2D eigenvalue weighted by atomic mass is 16.6. The average molecular weight is 241 g/mol. The second kappa shape index (κ2) is 4.72. The van der Waals surface area contributed by atoms with Crippen molar-refractivity contribution in [2.45, 2.75) is 63.0 Å². The quantitative estimate of drug-likeness (QED) is 0.559. The maximum atomic E-state index is 12.3. The van der Waals surface area contributed by atoms with Crippen LogP contribution in [0.15, 0.2) is 0 Å². The van der Waals surface area contributed by atoms with Crippen LogP contribution in [-0.4, -0.2) is 27.5 Å². The molecule has 17 heavy (non-hydrogen) atoms. The standard InChI is InChI=1S/C12H19NO4/c14-10-6-8-12(13(16)17)7-4-2-1-3-5-9(10)11(12)15/h9-10,14H,1-8H2/t9-,10-,12+/m1/s1. The summed E-state index contributed by atoms with van der Waals surface area (Å²) in [6.07, 6.45) is 4.46. The Bertz CT molecular complexity index is 330. The van der Waals surface area contributed by atoms with Crippen LogP contribution in [0.25, 0.3) is 0 Å². The largest absolute Gasteiger partial charge is 0.392 e. The first-order valence-electron chi connectivity index (χ1n) is 6.45. The van der Waals surface area contributed by atoms with Crippen LogP contribution < -0.4 is 0 Å². The van der Waals surface area contributed by atoms with Crippen molar-refractivity contribution in [3.05, 3.63) is 10.1 Å². The average Bonchev–Trinajstić information content (AvgIpc) is 2.33. The number of hydrogen-bond donors (Lipinski definition) is 1. The van der Waals surface area contributed by atoms with Gasteiger partial charge in [-0.3, -0.25) is 14.9 Å². The molecule has 0 amide bonds. The van der Waals surface area contributed by atoms with E-state index >= 15 is 0 Å². The van der Waals surface area contributed by atoms with Crippen LogP contribution in [0.5, 0.6) is 0 Å². The summed E-state index contributed by atoms with van der Waals surface area (Å²) in [4.78, 5) is 23.2. The molecule has 0 aromatic heterocycles. The van der Waals surface area contributed by atoms with Crippen molar-refractivity contribution in [2.75, 3.05) is 0 Å². The van der Waals surface area contributed by atoms with Crippen molar-refractivity contribution in [2.24, 2.45) is 5.92 Å². The zero-order chi connectivity index (χ0) is 12.5. The molecule has 0 unspecified atom stereocenters. The molecule has 0 aromatic rings. The molecule has 2 rings (SSSR count). The van der Waals surface area contributed by atoms with Gasteiger partial charge < -0.3 is 5.11 Å². The Kier molecular flexibility index (Phi) is 3.47. The van der Waals surface area contributed by atoms with Gasteiger partial charge in [0.15, 0.2) is 0 Å². The molecule has 0 heterocycles. The molecule has 1 N–H and O–H groups in total. The molecule has 3 atom stereocenters. The third-order valence-electron chi connectivity index (χ3n) is 4.32. The van der Waals surface area contributed by atoms with Gasteiger partial charge in [0.2, 0.25) is 5.78 Å². The number of aliphatic hydroxyl groups is 1. The highest BCUT2D eigenvalue weighted by Crippen LogP contribution is 2.39. The summed E-state index contributed by atoms with van der Waals surface area (Å²) >= 11 is 0. The number of hydrogen-bond acceptors (Lipinski definition) is 4. The predicted molar refractivity (Wildman–Crippen MR) is 61.2 cm³/mol. The number of carbonyl (C=O) groups is 1. The Labute approximate surface area is 100 Å². The van der Waals surface area contributed by atoms with Gasteiger partial charge in [-0.15, -0.1) is 0 Å². The lowest BCUT2D eigenvalue weighted by Gasteiger charge is -2.35. The van der Waals surface area contributed by atoms with Crippen molar-refractivity contribution in [1.29, 1.82) is 0 Å². The van der Waals surface area contributed by atoms with E-state index in [0.717, 1.165) is 25.7 Å². The SMILES string of the molecule is O=C1[C@@H]2CCCCCC[C@]1([N+](=O)[O-])CC[C@H]2O. The Morgan fingerprint density at radius 3 is 2.59 bits per heavy atom. The van der Waals surface area contributed by atoms with Gasteiger partial charge in [0, 0.05) is 17.8 Å². The number of Topliss-reactive ketones (excluding diaryl/α,β-unsaturated/α-hetero) is 1. The fraction of sp³-hybridized carbons (Fsp3) is 0.917. The van der Waals surface area contributed by atoms with Gasteiger partial charge in [-0.25, -0.2) is 0 Å². The molecule has 2 bridgehead atoms. The van der Waals surface area contributed by atoms with E-state index in [1.54, 1.807) is 0 Å². The molecule has 5 heteroatoms. The summed E-state index contributed by atoms with van der Waals surface area (Å²) in [7, 11) is 0. The molecule has 0 saturated heterocycles. The van der Waals surface area contributed by atoms with Crippen molar-refractivity contribution in [1.82, 2.24) is 0 Å². The van der Waals surface area contributed by atoms with Crippen LogP contribution in [0.3, 0.4) is 0 Å². The highest BCUT2D eigenvalue weighted by Gasteiger charge is 2.56. The van der Waals surface area contributed by atoms with Crippen LogP contribution >= 0.6 is 0 Å². The molecule has 2 saturated carbocycles. The monoisotopic (exact) mass is 241 g/mol. The minimum Gasteiger partial charge on any atom is -0.392 e. The van der Waals surface area contributed by atoms with Crippen LogP contribution in [0.1, 0.15) is 51.4 Å². The maximum absolute atomic E-state index is 12.3. The first kappa shape index (κ1) is 12.5. The number of carbonyl (C=O) groups excluding carboxylic acids is 1. The van der Waals surface area contributed by atoms with E-state index in [4.69, 9.17) is 0 Å². The van der Waals surface area contributed by atoms with Crippen molar-refractivity contribution >= 4 is 5.78 Å². The Morgan fingerprint density at radius 1 is 1.18 bits per heavy atom. The fourth-order valence-electron chi connectivity index (χ4n) is 3.21. The van der Waals surface area contributed by atoms with Crippen molar-refractivity contribution in [3.63, 3.8) is 0 Å². The first-order chi connectivity index (χ1) is 8.08. The second-order valence-corrected chi connectivity index (χ2v) is 5.32. The summed E-state index contributed by atoms with van der Waals surface area (Å²) in [6.45, 7) is 0. The molecule has 2 aliphatic carbocycles. The molecule has 0 radical (unpaired) electrons. The fourth-order valence-corrected chi connectivity index (χ4v) is 3.21. The smallest absolute Gasteiger partial charge is 0.279 e. The Balaban J connectivity index is 2.32. The molecule has 0 spiro atoms. The maximum Gasteiger partial charge on any atom is 0.279 e. The molecule has 2 aliphatic rings. The third kappa shape index (κ3) is 2.08. The number of ketones is 1. The lowest BCUT2D eigenvalue weighted by atomic mass is 9.70. The minimum absolute atomic E-state index is 0.205. The van der Waals surface area contributed by atoms with Gasteiger partial charge in [0.1, 0.15) is 0 Å². The number of rotatable bonds is 1. The van der Waals surface area contributed by atoms with Gasteiger partial charge in [-0.05, 0) is 19.3 Å². The van der Waals surface area contributed by atoms with Crippen LogP contribution in [0, 0.1) is 16.0 Å². The second-order valence-electron chi connectivity index (χ2n) is 5.32. The lowest BCUT2D eigenvalue weighted by Crippen LogP contribution is -2.55. The molecule has 96 valence electrons. The minimum atomic E-state index is -1.39. The molecular formula is C12H19NO4. The van der Waals surface area contributed by atoms with E-state index in [0.29, 0.717) is 19.3 Å². The molecule has 5 nitrogen and oxygen atoms in total. The molecule has 2 fully saturated rings. The van der Waals surface area contributed by atoms with E-state index in [2.05, 4.69) is 0 Å². The van der Waals surface area contributed by atoms with E-state index in [-0.39, 0.29) is 17.1 Å². The van der Waals surface area contributed by atoms with E-state index in [1.807, 2.05) is 0 Å². The third-order valence-corrected chi connectivity index (χ3v) is 4.32. The first-order valence-corrected chi connectivity index (χ1v) is 6.45. The van der Waals surface area contributed by atoms with E-state index in [1.165, 1.54) is 0 Å². The number of nitrogens with zero attached hydrogens (tertiary/aromatic N) is 1. The summed E-state index contributed by atoms with van der Waals surface area (Å²) < 4.78 is 0. The van der Waals surface area contributed by atoms with Crippen LogP contribution in [-0.2, 0) is 4.79 Å². The summed E-state index contributed by atoms with van der Waals surface area (Å²) in [6, 6.07) is 0. The van der Waals surface area contributed by atoms with Gasteiger partial charge in [-0.1, -0.05) is 19.3 Å². The van der Waals surface area contributed by atoms with Crippen molar-refractivity contribution < 1.29 is 14.8 Å². The Hall–Kier alpha value is -0.970. The molecular weight excluding hydrogens is 222 g/mol. The summed E-state index contributed by atoms with van der Waals surface area (Å²) in [5, 5.41) is 21.1. The topological polar surface area (TPSA) is 80.4 Å². The van der Waals surface area contributed by atoms with Gasteiger partial charge in [-0.2, -0.15) is 0 Å². The zero-order valence-electron chi connectivity index (χ0n) is 9.93. The van der Waals surface area contributed by atoms with E-state index < -0.39 is 17.6 Å². The molecule has 0 aliphatic heterocycles. The Morgan fingerprint density at radius 2 is 1.88 bits per heavy atom.